The minimum atomic E-state index is -4.07. The number of rotatable bonds is 6. The molecule has 0 aromatic heterocycles. The number of ether oxygens (including phenoxy) is 2. The molecule has 8 nitrogen and oxygen atoms in total. The summed E-state index contributed by atoms with van der Waals surface area (Å²) < 4.78 is 50.5. The van der Waals surface area contributed by atoms with Gasteiger partial charge in [0.05, 0.1) is 31.8 Å². The van der Waals surface area contributed by atoms with Gasteiger partial charge in [-0.15, -0.1) is 0 Å². The van der Waals surface area contributed by atoms with Gasteiger partial charge < -0.3 is 19.5 Å². The summed E-state index contributed by atoms with van der Waals surface area (Å²) in [6.07, 6.45) is -1.09. The van der Waals surface area contributed by atoms with E-state index in [-0.39, 0.29) is 24.5 Å². The molecule has 1 fully saturated rings. The Morgan fingerprint density at radius 3 is 2.43 bits per heavy atom. The van der Waals surface area contributed by atoms with Gasteiger partial charge in [-0.05, 0) is 30.3 Å². The van der Waals surface area contributed by atoms with Crippen molar-refractivity contribution in [3.05, 3.63) is 53.8 Å². The Morgan fingerprint density at radius 2 is 1.80 bits per heavy atom. The molecule has 0 spiro atoms. The van der Waals surface area contributed by atoms with Crippen LogP contribution in [0.1, 0.15) is 5.56 Å². The van der Waals surface area contributed by atoms with Crippen LogP contribution in [0.3, 0.4) is 0 Å². The lowest BCUT2D eigenvalue weighted by Crippen LogP contribution is -2.39. The Morgan fingerprint density at radius 1 is 1.10 bits per heavy atom. The molecular weight excluding hydrogens is 415 g/mol. The zero-order valence-corrected chi connectivity index (χ0v) is 17.4. The van der Waals surface area contributed by atoms with E-state index in [0.717, 1.165) is 28.6 Å². The van der Waals surface area contributed by atoms with E-state index in [4.69, 9.17) is 9.47 Å². The average Bonchev–Trinajstić information content (AvgIpc) is 2.86. The third kappa shape index (κ3) is 4.55. The second-order valence-electron chi connectivity index (χ2n) is 6.83. The van der Waals surface area contributed by atoms with Crippen LogP contribution in [0.25, 0.3) is 0 Å². The normalized spacial score (nSPS) is 18.2. The van der Waals surface area contributed by atoms with Crippen LogP contribution in [0.5, 0.6) is 11.5 Å². The number of carbonyl (C=O) groups is 1. The van der Waals surface area contributed by atoms with Gasteiger partial charge >= 0.3 is 0 Å². The number of methoxy groups -OCH3 is 2. The molecule has 1 N–H and O–H groups in total. The molecule has 0 aliphatic carbocycles. The smallest absolute Gasteiger partial charge is 0.243 e. The zero-order valence-electron chi connectivity index (χ0n) is 16.6. The van der Waals surface area contributed by atoms with Crippen LogP contribution in [0, 0.1) is 5.82 Å². The monoisotopic (exact) mass is 438 g/mol. The first kappa shape index (κ1) is 22.0. The van der Waals surface area contributed by atoms with Crippen molar-refractivity contribution in [2.24, 2.45) is 0 Å². The van der Waals surface area contributed by atoms with Gasteiger partial charge in [-0.25, -0.2) is 12.8 Å². The summed E-state index contributed by atoms with van der Waals surface area (Å²) in [5, 5.41) is 10.4. The van der Waals surface area contributed by atoms with E-state index in [0.29, 0.717) is 17.1 Å². The zero-order chi connectivity index (χ0) is 21.9. The third-order valence-electron chi connectivity index (χ3n) is 4.81. The predicted molar refractivity (Wildman–Crippen MR) is 106 cm³/mol. The Kier molecular flexibility index (Phi) is 6.59. The molecule has 162 valence electrons. The third-order valence-corrected chi connectivity index (χ3v) is 6.63. The van der Waals surface area contributed by atoms with E-state index in [9.17, 15) is 22.7 Å². The van der Waals surface area contributed by atoms with Crippen LogP contribution in [0.15, 0.2) is 47.4 Å². The number of aliphatic hydroxyl groups is 1. The Hall–Kier alpha value is -2.69. The molecule has 1 aliphatic heterocycles. The molecule has 2 aromatic rings. The number of hydrogen-bond donors (Lipinski definition) is 1. The predicted octanol–water partition coefficient (Wildman–Crippen LogP) is 1.24. The van der Waals surface area contributed by atoms with Gasteiger partial charge in [0.25, 0.3) is 0 Å². The molecule has 3 rings (SSSR count). The lowest BCUT2D eigenvalue weighted by molar-refractivity contribution is -0.131. The highest BCUT2D eigenvalue weighted by molar-refractivity contribution is 7.89. The van der Waals surface area contributed by atoms with Gasteiger partial charge in [-0.1, -0.05) is 12.1 Å². The maximum atomic E-state index is 13.2. The number of β-amino-alcohol motifs (C(OH)–C–C–N with tert-alkyl or cyclic N) is 1. The number of sulfonamides is 1. The standard InChI is InChI=1S/C20H23FN2O6S/c1-28-18-5-3-4-14(20(18)29-2)10-22-11-16(24)12-23(13-19(22)25)30(26,27)17-8-6-15(21)7-9-17/h3-9,16,24H,10-13H2,1-2H3. The van der Waals surface area contributed by atoms with Gasteiger partial charge in [0.1, 0.15) is 5.82 Å². The molecule has 0 bridgehead atoms. The SMILES string of the molecule is COc1cccc(CN2CC(O)CN(S(=O)(=O)c3ccc(F)cc3)CC2=O)c1OC. The van der Waals surface area contributed by atoms with E-state index in [2.05, 4.69) is 0 Å². The number of para-hydroxylation sites is 1. The van der Waals surface area contributed by atoms with Gasteiger partial charge in [0, 0.05) is 25.2 Å². The van der Waals surface area contributed by atoms with Gasteiger partial charge in [0.15, 0.2) is 11.5 Å². The molecule has 2 aromatic carbocycles. The molecule has 10 heteroatoms. The fourth-order valence-corrected chi connectivity index (χ4v) is 4.77. The van der Waals surface area contributed by atoms with E-state index in [1.807, 2.05) is 0 Å². The van der Waals surface area contributed by atoms with Crippen LogP contribution in [-0.4, -0.2) is 68.6 Å². The number of nitrogens with zero attached hydrogens (tertiary/aromatic N) is 2. The van der Waals surface area contributed by atoms with Crippen molar-refractivity contribution in [2.45, 2.75) is 17.5 Å². The van der Waals surface area contributed by atoms with E-state index in [1.165, 1.54) is 19.1 Å². The number of halogens is 1. The van der Waals surface area contributed by atoms with Crippen LogP contribution < -0.4 is 9.47 Å². The topological polar surface area (TPSA) is 96.4 Å². The van der Waals surface area contributed by atoms with E-state index < -0.39 is 34.4 Å². The Labute approximate surface area is 174 Å². The number of hydrogen-bond acceptors (Lipinski definition) is 6. The van der Waals surface area contributed by atoms with Crippen molar-refractivity contribution >= 4 is 15.9 Å². The highest BCUT2D eigenvalue weighted by atomic mass is 32.2. The molecule has 0 radical (unpaired) electrons. The van der Waals surface area contributed by atoms with Crippen molar-refractivity contribution < 1.29 is 32.2 Å². The largest absolute Gasteiger partial charge is 0.493 e. The van der Waals surface area contributed by atoms with Crippen LogP contribution in [0.4, 0.5) is 4.39 Å². The second kappa shape index (κ2) is 8.99. The minimum absolute atomic E-state index is 0.0470. The summed E-state index contributed by atoms with van der Waals surface area (Å²) in [6.45, 7) is -0.629. The fourth-order valence-electron chi connectivity index (χ4n) is 3.34. The summed E-state index contributed by atoms with van der Waals surface area (Å²) >= 11 is 0. The second-order valence-corrected chi connectivity index (χ2v) is 8.77. The summed E-state index contributed by atoms with van der Waals surface area (Å²) in [5.41, 5.74) is 0.659. The number of amides is 1. The maximum Gasteiger partial charge on any atom is 0.243 e. The molecule has 1 saturated heterocycles. The van der Waals surface area contributed by atoms with Crippen molar-refractivity contribution in [2.75, 3.05) is 33.9 Å². The first-order valence-corrected chi connectivity index (χ1v) is 10.6. The molecule has 1 heterocycles. The van der Waals surface area contributed by atoms with Gasteiger partial charge in [-0.3, -0.25) is 4.79 Å². The Balaban J connectivity index is 1.84. The summed E-state index contributed by atoms with van der Waals surface area (Å²) in [7, 11) is -1.09. The quantitative estimate of drug-likeness (QED) is 0.729. The molecule has 1 aliphatic rings. The maximum absolute atomic E-state index is 13.2. The number of carbonyl (C=O) groups excluding carboxylic acids is 1. The molecule has 1 unspecified atom stereocenters. The molecular formula is C20H23FN2O6S. The summed E-state index contributed by atoms with van der Waals surface area (Å²) in [6, 6.07) is 9.56. The summed E-state index contributed by atoms with van der Waals surface area (Å²) in [4.78, 5) is 14.1. The fraction of sp³-hybridized carbons (Fsp3) is 0.350. The van der Waals surface area contributed by atoms with Crippen molar-refractivity contribution in [3.8, 4) is 11.5 Å². The van der Waals surface area contributed by atoms with E-state index in [1.54, 1.807) is 18.2 Å². The first-order valence-electron chi connectivity index (χ1n) is 9.17. The molecule has 1 amide bonds. The molecule has 1 atom stereocenters. The lowest BCUT2D eigenvalue weighted by Gasteiger charge is -2.23. The van der Waals surface area contributed by atoms with Crippen LogP contribution in [0.2, 0.25) is 0 Å². The highest BCUT2D eigenvalue weighted by Crippen LogP contribution is 2.32. The molecule has 30 heavy (non-hydrogen) atoms. The number of aliphatic hydroxyl groups excluding tert-OH is 1. The van der Waals surface area contributed by atoms with Gasteiger partial charge in [0.2, 0.25) is 15.9 Å². The average molecular weight is 438 g/mol. The first-order chi connectivity index (χ1) is 14.3. The number of benzene rings is 2. The molecule has 0 saturated carbocycles. The van der Waals surface area contributed by atoms with Crippen LogP contribution in [-0.2, 0) is 21.4 Å². The van der Waals surface area contributed by atoms with E-state index >= 15 is 0 Å². The van der Waals surface area contributed by atoms with Crippen LogP contribution >= 0.6 is 0 Å². The van der Waals surface area contributed by atoms with Gasteiger partial charge in [-0.2, -0.15) is 4.31 Å². The van der Waals surface area contributed by atoms with Crippen molar-refractivity contribution in [1.82, 2.24) is 9.21 Å². The highest BCUT2D eigenvalue weighted by Gasteiger charge is 2.34. The summed E-state index contributed by atoms with van der Waals surface area (Å²) in [5.74, 6) is -0.0814. The van der Waals surface area contributed by atoms with Crippen molar-refractivity contribution in [1.29, 1.82) is 0 Å². The lowest BCUT2D eigenvalue weighted by atomic mass is 10.1. The minimum Gasteiger partial charge on any atom is -0.493 e. The Bertz CT molecular complexity index is 1010. The van der Waals surface area contributed by atoms with Crippen molar-refractivity contribution in [3.63, 3.8) is 0 Å².